The molecule has 3 aromatic carbocycles. The van der Waals surface area contributed by atoms with Crippen molar-refractivity contribution < 1.29 is 14.0 Å². The average Bonchev–Trinajstić information content (AvgIpc) is 2.89. The maximum atomic E-state index is 13.6. The standard InChI is InChI=1S/C30H34ClFN2O2S/c1-22(2)20-33-30(36)28(19-23-7-4-3-5-8-23)34(21-24-10-14-26(32)15-11-24)29(35)9-6-18-37-27-16-12-25(31)13-17-27/h3-5,7-8,10-17,22,28H,6,9,18-21H2,1-2H3,(H,33,36). The number of thioether (sulfide) groups is 1. The highest BCUT2D eigenvalue weighted by molar-refractivity contribution is 7.99. The van der Waals surface area contributed by atoms with Gasteiger partial charge in [0, 0.05) is 35.8 Å². The number of nitrogens with zero attached hydrogens (tertiary/aromatic N) is 1. The van der Waals surface area contributed by atoms with Crippen molar-refractivity contribution in [2.24, 2.45) is 5.92 Å². The van der Waals surface area contributed by atoms with Crippen LogP contribution in [0, 0.1) is 11.7 Å². The van der Waals surface area contributed by atoms with Crippen LogP contribution in [0.3, 0.4) is 0 Å². The smallest absolute Gasteiger partial charge is 0.243 e. The Kier molecular flexibility index (Phi) is 11.5. The Balaban J connectivity index is 1.77. The summed E-state index contributed by atoms with van der Waals surface area (Å²) in [6.07, 6.45) is 1.37. The molecule has 1 N–H and O–H groups in total. The van der Waals surface area contributed by atoms with E-state index in [1.54, 1.807) is 28.8 Å². The molecule has 0 aromatic heterocycles. The molecular weight excluding hydrogens is 507 g/mol. The number of rotatable bonds is 13. The van der Waals surface area contributed by atoms with Gasteiger partial charge in [-0.2, -0.15) is 0 Å². The molecule has 0 aliphatic carbocycles. The highest BCUT2D eigenvalue weighted by atomic mass is 35.5. The zero-order valence-corrected chi connectivity index (χ0v) is 22.9. The van der Waals surface area contributed by atoms with Crippen LogP contribution >= 0.6 is 23.4 Å². The molecular formula is C30H34ClFN2O2S. The minimum Gasteiger partial charge on any atom is -0.354 e. The van der Waals surface area contributed by atoms with Crippen molar-refractivity contribution >= 4 is 35.2 Å². The maximum Gasteiger partial charge on any atom is 0.243 e. The molecule has 0 bridgehead atoms. The number of amides is 2. The van der Waals surface area contributed by atoms with E-state index in [-0.39, 0.29) is 30.1 Å². The predicted octanol–water partition coefficient (Wildman–Crippen LogP) is 6.76. The summed E-state index contributed by atoms with van der Waals surface area (Å²) < 4.78 is 13.5. The summed E-state index contributed by atoms with van der Waals surface area (Å²) in [5.74, 6) is 0.440. The molecule has 37 heavy (non-hydrogen) atoms. The monoisotopic (exact) mass is 540 g/mol. The number of carbonyl (C=O) groups is 2. The lowest BCUT2D eigenvalue weighted by atomic mass is 10.0. The SMILES string of the molecule is CC(C)CNC(=O)C(Cc1ccccc1)N(Cc1ccc(F)cc1)C(=O)CCCSc1ccc(Cl)cc1. The Bertz CT molecular complexity index is 1120. The number of carbonyl (C=O) groups excluding carboxylic acids is 2. The molecule has 1 unspecified atom stereocenters. The Hall–Kier alpha value is -2.83. The zero-order valence-electron chi connectivity index (χ0n) is 21.3. The molecule has 7 heteroatoms. The van der Waals surface area contributed by atoms with Crippen molar-refractivity contribution in [1.82, 2.24) is 10.2 Å². The van der Waals surface area contributed by atoms with Gasteiger partial charge in [0.15, 0.2) is 0 Å². The Morgan fingerprint density at radius 1 is 0.946 bits per heavy atom. The minimum absolute atomic E-state index is 0.0957. The number of nitrogens with one attached hydrogen (secondary N) is 1. The highest BCUT2D eigenvalue weighted by Crippen LogP contribution is 2.22. The van der Waals surface area contributed by atoms with Crippen molar-refractivity contribution in [2.45, 2.75) is 50.6 Å². The van der Waals surface area contributed by atoms with Gasteiger partial charge in [0.1, 0.15) is 11.9 Å². The number of hydrogen-bond acceptors (Lipinski definition) is 3. The third kappa shape index (κ3) is 9.86. The van der Waals surface area contributed by atoms with Crippen molar-refractivity contribution in [3.8, 4) is 0 Å². The molecule has 3 rings (SSSR count). The van der Waals surface area contributed by atoms with E-state index in [1.807, 2.05) is 68.4 Å². The van der Waals surface area contributed by atoms with Crippen LogP contribution in [0.15, 0.2) is 83.8 Å². The van der Waals surface area contributed by atoms with Gasteiger partial charge in [-0.25, -0.2) is 4.39 Å². The maximum absolute atomic E-state index is 13.6. The summed E-state index contributed by atoms with van der Waals surface area (Å²) in [7, 11) is 0. The first-order chi connectivity index (χ1) is 17.8. The summed E-state index contributed by atoms with van der Waals surface area (Å²) in [6, 6.07) is 22.8. The topological polar surface area (TPSA) is 49.4 Å². The number of hydrogen-bond donors (Lipinski definition) is 1. The van der Waals surface area contributed by atoms with Crippen molar-refractivity contribution in [1.29, 1.82) is 0 Å². The molecule has 1 atom stereocenters. The Morgan fingerprint density at radius 2 is 1.62 bits per heavy atom. The van der Waals surface area contributed by atoms with Gasteiger partial charge in [0.2, 0.25) is 11.8 Å². The van der Waals surface area contributed by atoms with Gasteiger partial charge in [-0.1, -0.05) is 67.9 Å². The first-order valence-corrected chi connectivity index (χ1v) is 13.9. The minimum atomic E-state index is -0.678. The molecule has 0 spiro atoms. The van der Waals surface area contributed by atoms with Crippen LogP contribution in [-0.2, 0) is 22.6 Å². The van der Waals surface area contributed by atoms with Gasteiger partial charge >= 0.3 is 0 Å². The van der Waals surface area contributed by atoms with Gasteiger partial charge in [0.25, 0.3) is 0 Å². The summed E-state index contributed by atoms with van der Waals surface area (Å²) in [4.78, 5) is 29.7. The molecule has 0 saturated carbocycles. The summed E-state index contributed by atoms with van der Waals surface area (Å²) in [6.45, 7) is 4.83. The second-order valence-electron chi connectivity index (χ2n) is 9.40. The lowest BCUT2D eigenvalue weighted by molar-refractivity contribution is -0.141. The summed E-state index contributed by atoms with van der Waals surface area (Å²) in [5.41, 5.74) is 1.75. The van der Waals surface area contributed by atoms with Crippen LogP contribution in [0.2, 0.25) is 5.02 Å². The fourth-order valence-corrected chi connectivity index (χ4v) is 4.83. The quantitative estimate of drug-likeness (QED) is 0.192. The van der Waals surface area contributed by atoms with E-state index in [9.17, 15) is 14.0 Å². The summed E-state index contributed by atoms with van der Waals surface area (Å²) >= 11 is 7.63. The molecule has 0 heterocycles. The zero-order chi connectivity index (χ0) is 26.6. The van der Waals surface area contributed by atoms with E-state index in [4.69, 9.17) is 11.6 Å². The molecule has 0 fully saturated rings. The molecule has 0 aliphatic heterocycles. The van der Waals surface area contributed by atoms with Crippen LogP contribution in [0.4, 0.5) is 4.39 Å². The van der Waals surface area contributed by atoms with E-state index in [2.05, 4.69) is 5.32 Å². The molecule has 0 radical (unpaired) electrons. The highest BCUT2D eigenvalue weighted by Gasteiger charge is 2.30. The Morgan fingerprint density at radius 3 is 2.27 bits per heavy atom. The molecule has 0 saturated heterocycles. The van der Waals surface area contributed by atoms with Gasteiger partial charge in [-0.3, -0.25) is 9.59 Å². The number of benzene rings is 3. The molecule has 196 valence electrons. The molecule has 4 nitrogen and oxygen atoms in total. The fourth-order valence-electron chi connectivity index (χ4n) is 3.85. The first kappa shape index (κ1) is 28.7. The van der Waals surface area contributed by atoms with E-state index in [0.717, 1.165) is 21.8 Å². The van der Waals surface area contributed by atoms with Crippen molar-refractivity contribution in [3.05, 3.63) is 101 Å². The fraction of sp³-hybridized carbons (Fsp3) is 0.333. The first-order valence-electron chi connectivity index (χ1n) is 12.6. The number of halogens is 2. The second kappa shape index (κ2) is 14.8. The van der Waals surface area contributed by atoms with Crippen LogP contribution in [0.25, 0.3) is 0 Å². The van der Waals surface area contributed by atoms with Crippen LogP contribution < -0.4 is 5.32 Å². The van der Waals surface area contributed by atoms with Crippen LogP contribution in [-0.4, -0.2) is 35.1 Å². The van der Waals surface area contributed by atoms with Crippen LogP contribution in [0.5, 0.6) is 0 Å². The average molecular weight is 541 g/mol. The van der Waals surface area contributed by atoms with Gasteiger partial charge in [-0.05, 0) is 65.6 Å². The van der Waals surface area contributed by atoms with Crippen molar-refractivity contribution in [2.75, 3.05) is 12.3 Å². The van der Waals surface area contributed by atoms with E-state index in [1.165, 1.54) is 12.1 Å². The third-order valence-electron chi connectivity index (χ3n) is 5.84. The lowest BCUT2D eigenvalue weighted by Gasteiger charge is -2.32. The molecule has 2 amide bonds. The molecule has 3 aromatic rings. The van der Waals surface area contributed by atoms with E-state index in [0.29, 0.717) is 30.8 Å². The summed E-state index contributed by atoms with van der Waals surface area (Å²) in [5, 5.41) is 3.71. The second-order valence-corrected chi connectivity index (χ2v) is 11.0. The molecule has 0 aliphatic rings. The third-order valence-corrected chi connectivity index (χ3v) is 7.19. The van der Waals surface area contributed by atoms with Gasteiger partial charge in [-0.15, -0.1) is 11.8 Å². The van der Waals surface area contributed by atoms with Gasteiger partial charge in [0.05, 0.1) is 0 Å². The van der Waals surface area contributed by atoms with E-state index < -0.39 is 6.04 Å². The Labute approximate surface area is 228 Å². The lowest BCUT2D eigenvalue weighted by Crippen LogP contribution is -2.51. The predicted molar refractivity (Wildman–Crippen MR) is 150 cm³/mol. The van der Waals surface area contributed by atoms with Crippen molar-refractivity contribution in [3.63, 3.8) is 0 Å². The largest absolute Gasteiger partial charge is 0.354 e. The van der Waals surface area contributed by atoms with E-state index >= 15 is 0 Å². The normalized spacial score (nSPS) is 11.8. The van der Waals surface area contributed by atoms with Gasteiger partial charge < -0.3 is 10.2 Å². The van der Waals surface area contributed by atoms with Crippen LogP contribution in [0.1, 0.15) is 37.8 Å².